The molecule has 2 fully saturated rings. The molecule has 2 rings (SSSR count). The molecule has 0 radical (unpaired) electrons. The predicted molar refractivity (Wildman–Crippen MR) is 55.6 cm³/mol. The molecule has 1 atom stereocenters. The summed E-state index contributed by atoms with van der Waals surface area (Å²) >= 11 is 0. The van der Waals surface area contributed by atoms with Crippen LogP contribution in [0.5, 0.6) is 0 Å². The first-order chi connectivity index (χ1) is 7.87. The number of nitrogens with one attached hydrogen (secondary N) is 2. The third-order valence-corrected chi connectivity index (χ3v) is 3.69. The number of nitrogens with zero attached hydrogens (tertiary/aromatic N) is 1. The summed E-state index contributed by atoms with van der Waals surface area (Å²) in [6.45, 7) is 2.66. The Bertz CT molecular complexity index is 312. The highest BCUT2D eigenvalue weighted by atomic mass is 19.4. The van der Waals surface area contributed by atoms with Gasteiger partial charge < -0.3 is 15.5 Å². The van der Waals surface area contributed by atoms with Crippen LogP contribution in [0.4, 0.5) is 18.0 Å². The summed E-state index contributed by atoms with van der Waals surface area (Å²) in [6.07, 6.45) is -3.25. The molecule has 17 heavy (non-hydrogen) atoms. The standard InChI is InChI=1S/C10H16F3N3O/c1-7(10(11,12)13)16-8(17)15-6-9(16)2-4-14-5-3-9/h7,14H,2-6H2,1H3,(H,15,17). The van der Waals surface area contributed by atoms with Crippen LogP contribution < -0.4 is 10.6 Å². The van der Waals surface area contributed by atoms with Crippen molar-refractivity contribution < 1.29 is 18.0 Å². The van der Waals surface area contributed by atoms with Crippen LogP contribution in [0, 0.1) is 0 Å². The van der Waals surface area contributed by atoms with Crippen LogP contribution in [0.2, 0.25) is 0 Å². The lowest BCUT2D eigenvalue weighted by Crippen LogP contribution is -2.59. The van der Waals surface area contributed by atoms with Gasteiger partial charge in [0.25, 0.3) is 0 Å². The Balaban J connectivity index is 2.25. The number of urea groups is 1. The van der Waals surface area contributed by atoms with E-state index in [0.29, 0.717) is 32.5 Å². The minimum atomic E-state index is -4.38. The Morgan fingerprint density at radius 1 is 1.35 bits per heavy atom. The summed E-state index contributed by atoms with van der Waals surface area (Å²) in [5.74, 6) is 0. The Labute approximate surface area is 97.5 Å². The van der Waals surface area contributed by atoms with Crippen molar-refractivity contribution in [1.29, 1.82) is 0 Å². The van der Waals surface area contributed by atoms with E-state index < -0.39 is 23.8 Å². The molecule has 0 aromatic heterocycles. The van der Waals surface area contributed by atoms with Gasteiger partial charge in [0.2, 0.25) is 0 Å². The average Bonchev–Trinajstić information content (AvgIpc) is 2.55. The van der Waals surface area contributed by atoms with Gasteiger partial charge in [0.1, 0.15) is 6.04 Å². The molecule has 0 aromatic rings. The molecular weight excluding hydrogens is 235 g/mol. The zero-order valence-electron chi connectivity index (χ0n) is 9.60. The fourth-order valence-corrected chi connectivity index (χ4v) is 2.67. The van der Waals surface area contributed by atoms with Gasteiger partial charge in [-0.15, -0.1) is 0 Å². The Morgan fingerprint density at radius 2 is 1.94 bits per heavy atom. The number of piperidine rings is 1. The zero-order valence-corrected chi connectivity index (χ0v) is 9.60. The van der Waals surface area contributed by atoms with E-state index in [-0.39, 0.29) is 0 Å². The summed E-state index contributed by atoms with van der Waals surface area (Å²) in [6, 6.07) is -2.33. The fraction of sp³-hybridized carbons (Fsp3) is 0.900. The number of halogens is 3. The smallest absolute Gasteiger partial charge is 0.336 e. The van der Waals surface area contributed by atoms with E-state index in [9.17, 15) is 18.0 Å². The van der Waals surface area contributed by atoms with Gasteiger partial charge in [-0.05, 0) is 32.9 Å². The zero-order chi connectivity index (χ0) is 12.7. The summed E-state index contributed by atoms with van der Waals surface area (Å²) in [5, 5.41) is 5.64. The maximum Gasteiger partial charge on any atom is 0.408 e. The summed E-state index contributed by atoms with van der Waals surface area (Å²) < 4.78 is 38.3. The third kappa shape index (κ3) is 2.08. The molecule has 2 saturated heterocycles. The largest absolute Gasteiger partial charge is 0.408 e. The van der Waals surface area contributed by atoms with Gasteiger partial charge in [0.05, 0.1) is 5.54 Å². The normalized spacial score (nSPS) is 26.1. The quantitative estimate of drug-likeness (QED) is 0.732. The van der Waals surface area contributed by atoms with Gasteiger partial charge in [-0.2, -0.15) is 13.2 Å². The van der Waals surface area contributed by atoms with Crippen LogP contribution >= 0.6 is 0 Å². The lowest BCUT2D eigenvalue weighted by Gasteiger charge is -2.43. The predicted octanol–water partition coefficient (Wildman–Crippen LogP) is 1.08. The van der Waals surface area contributed by atoms with Crippen molar-refractivity contribution in [2.24, 2.45) is 0 Å². The second-order valence-corrected chi connectivity index (χ2v) is 4.72. The maximum absolute atomic E-state index is 12.8. The topological polar surface area (TPSA) is 44.4 Å². The molecule has 2 aliphatic heterocycles. The molecule has 4 nitrogen and oxygen atoms in total. The summed E-state index contributed by atoms with van der Waals surface area (Å²) in [4.78, 5) is 12.6. The molecule has 2 heterocycles. The van der Waals surface area contributed by atoms with Crippen LogP contribution in [-0.2, 0) is 0 Å². The maximum atomic E-state index is 12.8. The molecule has 0 aliphatic carbocycles. The van der Waals surface area contributed by atoms with Gasteiger partial charge >= 0.3 is 12.2 Å². The monoisotopic (exact) mass is 251 g/mol. The van der Waals surface area contributed by atoms with Gasteiger partial charge in [-0.25, -0.2) is 4.79 Å². The first kappa shape index (κ1) is 12.5. The minimum absolute atomic E-state index is 0.313. The van der Waals surface area contributed by atoms with Gasteiger partial charge in [-0.1, -0.05) is 0 Å². The van der Waals surface area contributed by atoms with Gasteiger partial charge in [0.15, 0.2) is 0 Å². The average molecular weight is 251 g/mol. The van der Waals surface area contributed by atoms with Crippen molar-refractivity contribution in [2.45, 2.75) is 37.5 Å². The van der Waals surface area contributed by atoms with Crippen molar-refractivity contribution in [1.82, 2.24) is 15.5 Å². The van der Waals surface area contributed by atoms with Crippen molar-refractivity contribution in [3.05, 3.63) is 0 Å². The highest BCUT2D eigenvalue weighted by Gasteiger charge is 2.54. The van der Waals surface area contributed by atoms with Crippen LogP contribution in [-0.4, -0.2) is 48.3 Å². The van der Waals surface area contributed by atoms with Crippen LogP contribution in [0.3, 0.4) is 0 Å². The van der Waals surface area contributed by atoms with E-state index in [0.717, 1.165) is 11.8 Å². The van der Waals surface area contributed by atoms with Crippen LogP contribution in [0.1, 0.15) is 19.8 Å². The molecule has 7 heteroatoms. The summed E-state index contributed by atoms with van der Waals surface area (Å²) in [5.41, 5.74) is -0.669. The first-order valence-electron chi connectivity index (χ1n) is 5.71. The lowest BCUT2D eigenvalue weighted by atomic mass is 9.87. The van der Waals surface area contributed by atoms with Crippen LogP contribution in [0.15, 0.2) is 0 Å². The van der Waals surface area contributed by atoms with Crippen molar-refractivity contribution in [3.63, 3.8) is 0 Å². The number of hydrogen-bond acceptors (Lipinski definition) is 2. The number of carbonyl (C=O) groups is 1. The van der Waals surface area contributed by atoms with Gasteiger partial charge in [0, 0.05) is 6.54 Å². The Hall–Kier alpha value is -0.980. The summed E-state index contributed by atoms with van der Waals surface area (Å²) in [7, 11) is 0. The lowest BCUT2D eigenvalue weighted by molar-refractivity contribution is -0.181. The van der Waals surface area contributed by atoms with Gasteiger partial charge in [-0.3, -0.25) is 0 Å². The van der Waals surface area contributed by atoms with E-state index in [1.165, 1.54) is 0 Å². The highest BCUT2D eigenvalue weighted by molar-refractivity contribution is 5.78. The van der Waals surface area contributed by atoms with Crippen molar-refractivity contribution >= 4 is 6.03 Å². The molecule has 2 N–H and O–H groups in total. The molecule has 1 spiro atoms. The molecule has 98 valence electrons. The van der Waals surface area contributed by atoms with E-state index in [1.54, 1.807) is 0 Å². The Kier molecular flexibility index (Phi) is 2.97. The molecule has 2 aliphatic rings. The molecule has 0 bridgehead atoms. The second-order valence-electron chi connectivity index (χ2n) is 4.72. The first-order valence-corrected chi connectivity index (χ1v) is 5.71. The number of alkyl halides is 3. The molecule has 0 saturated carbocycles. The molecular formula is C10H16F3N3O. The van der Waals surface area contributed by atoms with Crippen molar-refractivity contribution in [2.75, 3.05) is 19.6 Å². The number of amides is 2. The third-order valence-electron chi connectivity index (χ3n) is 3.69. The number of hydrogen-bond donors (Lipinski definition) is 2. The SMILES string of the molecule is CC(N1C(=O)NCC12CCNCC2)C(F)(F)F. The molecule has 2 amide bonds. The van der Waals surface area contributed by atoms with E-state index in [1.807, 2.05) is 0 Å². The molecule has 0 aromatic carbocycles. The second kappa shape index (κ2) is 4.04. The fourth-order valence-electron chi connectivity index (χ4n) is 2.67. The van der Waals surface area contributed by atoms with Crippen molar-refractivity contribution in [3.8, 4) is 0 Å². The highest BCUT2D eigenvalue weighted by Crippen LogP contribution is 2.36. The molecule has 1 unspecified atom stereocenters. The van der Waals surface area contributed by atoms with E-state index >= 15 is 0 Å². The number of carbonyl (C=O) groups excluding carboxylic acids is 1. The van der Waals surface area contributed by atoms with E-state index in [4.69, 9.17) is 0 Å². The van der Waals surface area contributed by atoms with Crippen LogP contribution in [0.25, 0.3) is 0 Å². The number of rotatable bonds is 1. The minimum Gasteiger partial charge on any atom is -0.336 e. The van der Waals surface area contributed by atoms with E-state index in [2.05, 4.69) is 10.6 Å². The Morgan fingerprint density at radius 3 is 2.47 bits per heavy atom.